The molecule has 6 N–H and O–H groups in total. The lowest BCUT2D eigenvalue weighted by Gasteiger charge is -2.11. The summed E-state index contributed by atoms with van der Waals surface area (Å²) in [4.78, 5) is 8.73. The summed E-state index contributed by atoms with van der Waals surface area (Å²) in [5.41, 5.74) is 15.2. The molecule has 8 nitrogen and oxygen atoms in total. The van der Waals surface area contributed by atoms with Crippen LogP contribution in [0.2, 0.25) is 0 Å². The van der Waals surface area contributed by atoms with Gasteiger partial charge in [-0.05, 0) is 94.6 Å². The number of hydrogen-bond donors (Lipinski definition) is 4. The first-order chi connectivity index (χ1) is 24.1. The number of nitrogens with one attached hydrogen (secondary N) is 2. The van der Waals surface area contributed by atoms with Crippen molar-refractivity contribution >= 4 is 45.6 Å². The Labute approximate surface area is 288 Å². The zero-order valence-corrected chi connectivity index (χ0v) is 27.0. The molecular formula is C40H34F2N6O2. The summed E-state index contributed by atoms with van der Waals surface area (Å²) in [6.07, 6.45) is 4.92. The highest BCUT2D eigenvalue weighted by Crippen LogP contribution is 2.34. The summed E-state index contributed by atoms with van der Waals surface area (Å²) in [5, 5.41) is 17.1. The van der Waals surface area contributed by atoms with E-state index in [0.717, 1.165) is 16.3 Å². The first kappa shape index (κ1) is 34.6. The summed E-state index contributed by atoms with van der Waals surface area (Å²) in [5.74, 6) is -0.733. The summed E-state index contributed by atoms with van der Waals surface area (Å²) >= 11 is 0. The van der Waals surface area contributed by atoms with E-state index in [1.807, 2.05) is 6.07 Å². The molecule has 250 valence electrons. The van der Waals surface area contributed by atoms with Gasteiger partial charge in [-0.3, -0.25) is 10.8 Å². The molecule has 10 heteroatoms. The van der Waals surface area contributed by atoms with Gasteiger partial charge in [0, 0.05) is 17.5 Å². The van der Waals surface area contributed by atoms with Gasteiger partial charge >= 0.3 is 0 Å². The number of benzene rings is 5. The second-order valence-electron chi connectivity index (χ2n) is 11.0. The van der Waals surface area contributed by atoms with Crippen molar-refractivity contribution in [3.05, 3.63) is 146 Å². The van der Waals surface area contributed by atoms with Gasteiger partial charge in [0.25, 0.3) is 0 Å². The number of amidine groups is 2. The Morgan fingerprint density at radius 2 is 1.30 bits per heavy atom. The van der Waals surface area contributed by atoms with E-state index < -0.39 is 11.6 Å². The van der Waals surface area contributed by atoms with Gasteiger partial charge in [0.05, 0.1) is 11.5 Å². The molecule has 0 radical (unpaired) electrons. The number of hydrogen-bond acceptors (Lipinski definition) is 6. The van der Waals surface area contributed by atoms with Crippen LogP contribution in [0.15, 0.2) is 139 Å². The zero-order chi connectivity index (χ0) is 35.8. The largest absolute Gasteiger partial charge is 0.440 e. The van der Waals surface area contributed by atoms with E-state index in [0.29, 0.717) is 52.7 Å². The molecule has 5 rings (SSSR count). The fourth-order valence-electron chi connectivity index (χ4n) is 5.06. The fourth-order valence-corrected chi connectivity index (χ4v) is 5.06. The molecule has 0 bridgehead atoms. The highest BCUT2D eigenvalue weighted by Gasteiger charge is 2.17. The van der Waals surface area contributed by atoms with Crippen molar-refractivity contribution in [3.8, 4) is 33.8 Å². The Kier molecular flexibility index (Phi) is 10.7. The van der Waals surface area contributed by atoms with E-state index >= 15 is 8.78 Å². The molecule has 0 aliphatic heterocycles. The van der Waals surface area contributed by atoms with E-state index in [4.69, 9.17) is 31.8 Å². The normalized spacial score (nSPS) is 11.6. The van der Waals surface area contributed by atoms with Crippen molar-refractivity contribution in [1.82, 2.24) is 0 Å². The van der Waals surface area contributed by atoms with Gasteiger partial charge in [-0.1, -0.05) is 68.3 Å². The molecule has 0 fully saturated rings. The Balaban J connectivity index is 1.29. The predicted molar refractivity (Wildman–Crippen MR) is 199 cm³/mol. The maximum Gasteiger partial charge on any atom is 0.211 e. The van der Waals surface area contributed by atoms with Gasteiger partial charge in [-0.15, -0.1) is 0 Å². The molecule has 0 saturated carbocycles. The third kappa shape index (κ3) is 8.23. The number of rotatable bonds is 12. The van der Waals surface area contributed by atoms with Crippen LogP contribution in [0.25, 0.3) is 33.0 Å². The van der Waals surface area contributed by atoms with Crippen LogP contribution in [-0.4, -0.2) is 23.5 Å². The third-order valence-electron chi connectivity index (χ3n) is 7.63. The number of fused-ring (bicyclic) bond motifs is 1. The van der Waals surface area contributed by atoms with E-state index in [1.165, 1.54) is 18.2 Å². The molecule has 0 unspecified atom stereocenters. The second-order valence-corrected chi connectivity index (χ2v) is 11.0. The van der Waals surface area contributed by atoms with Crippen molar-refractivity contribution in [3.63, 3.8) is 0 Å². The van der Waals surface area contributed by atoms with Gasteiger partial charge in [0.2, 0.25) is 11.8 Å². The lowest BCUT2D eigenvalue weighted by molar-refractivity contribution is 0.514. The van der Waals surface area contributed by atoms with Crippen molar-refractivity contribution < 1.29 is 18.3 Å². The lowest BCUT2D eigenvalue weighted by atomic mass is 9.97. The fraction of sp³-hybridized carbons (Fsp3) is 0.0500. The Hall–Kier alpha value is -6.68. The number of ether oxygens (including phenoxy) is 2. The van der Waals surface area contributed by atoms with Crippen LogP contribution in [0.1, 0.15) is 12.0 Å². The molecule has 0 heterocycles. The van der Waals surface area contributed by atoms with E-state index in [2.05, 4.69) is 29.7 Å². The topological polar surface area (TPSA) is 143 Å². The van der Waals surface area contributed by atoms with E-state index in [9.17, 15) is 0 Å². The monoisotopic (exact) mass is 668 g/mol. The van der Waals surface area contributed by atoms with Crippen LogP contribution < -0.4 is 20.9 Å². The molecule has 0 aliphatic rings. The Morgan fingerprint density at radius 1 is 0.680 bits per heavy atom. The quantitative estimate of drug-likeness (QED) is 0.0776. The lowest BCUT2D eigenvalue weighted by Crippen LogP contribution is -2.12. The standard InChI is InChI=1S/C40H34F2N6O2/c1-4-35(43)48-33-19-7-24(21-34(33)50-38(46)6-3)8-20-36(44)47-29-14-11-25(12-15-29)31-17-18-32(40(42)39(31)41)28-10-9-27-23-30(49-37(45)5-2)16-13-26(27)22-28/h4-7,9-19,21-23,45-46H,1-3,8,20H2,(H2,43,48)(H2,44,47). The van der Waals surface area contributed by atoms with Crippen molar-refractivity contribution in [2.45, 2.75) is 12.8 Å². The average Bonchev–Trinajstić information content (AvgIpc) is 3.12. The van der Waals surface area contributed by atoms with Gasteiger partial charge < -0.3 is 20.9 Å². The number of aliphatic imine (C=N–C) groups is 2. The molecular weight excluding hydrogens is 634 g/mol. The number of aryl methyl sites for hydroxylation is 1. The minimum Gasteiger partial charge on any atom is -0.440 e. The average molecular weight is 669 g/mol. The highest BCUT2D eigenvalue weighted by atomic mass is 19.2. The molecule has 0 spiro atoms. The molecule has 5 aromatic rings. The summed E-state index contributed by atoms with van der Waals surface area (Å²) in [7, 11) is 0. The molecule has 5 aromatic carbocycles. The Morgan fingerprint density at radius 3 is 1.98 bits per heavy atom. The minimum absolute atomic E-state index is 0.0733. The van der Waals surface area contributed by atoms with Gasteiger partial charge in [-0.25, -0.2) is 18.8 Å². The van der Waals surface area contributed by atoms with Crippen LogP contribution >= 0.6 is 0 Å². The molecule has 0 amide bonds. The zero-order valence-electron chi connectivity index (χ0n) is 27.0. The van der Waals surface area contributed by atoms with E-state index in [-0.39, 0.29) is 28.8 Å². The molecule has 0 saturated heterocycles. The van der Waals surface area contributed by atoms with Crippen molar-refractivity contribution in [1.29, 1.82) is 10.8 Å². The van der Waals surface area contributed by atoms with Crippen LogP contribution in [0.3, 0.4) is 0 Å². The maximum atomic E-state index is 15.5. The smallest absolute Gasteiger partial charge is 0.211 e. The highest BCUT2D eigenvalue weighted by molar-refractivity contribution is 5.94. The number of halogens is 2. The van der Waals surface area contributed by atoms with Gasteiger partial charge in [0.15, 0.2) is 17.4 Å². The summed E-state index contributed by atoms with van der Waals surface area (Å²) < 4.78 is 41.8. The molecule has 0 aromatic heterocycles. The number of nitrogens with two attached hydrogens (primary N) is 2. The van der Waals surface area contributed by atoms with Crippen molar-refractivity contribution in [2.24, 2.45) is 21.5 Å². The Bertz CT molecular complexity index is 2210. The predicted octanol–water partition coefficient (Wildman–Crippen LogP) is 9.33. The summed E-state index contributed by atoms with van der Waals surface area (Å²) in [6, 6.07) is 25.7. The molecule has 0 atom stereocenters. The SMILES string of the molecule is C=CC(=N)Oc1ccc2cc(-c3ccc(-c4ccc(N=C(N)CCc5ccc(N=C(N)C=C)c(OC(=N)C=C)c5)cc4)c(F)c3F)ccc2c1. The first-order valence-electron chi connectivity index (χ1n) is 15.4. The maximum absolute atomic E-state index is 15.5. The van der Waals surface area contributed by atoms with Crippen LogP contribution in [0.4, 0.5) is 20.2 Å². The van der Waals surface area contributed by atoms with Crippen molar-refractivity contribution in [2.75, 3.05) is 0 Å². The molecule has 50 heavy (non-hydrogen) atoms. The minimum atomic E-state index is -0.958. The van der Waals surface area contributed by atoms with Crippen LogP contribution in [0, 0.1) is 22.5 Å². The second kappa shape index (κ2) is 15.5. The van der Waals surface area contributed by atoms with Crippen LogP contribution in [-0.2, 0) is 6.42 Å². The van der Waals surface area contributed by atoms with Gasteiger partial charge in [0.1, 0.15) is 17.3 Å². The first-order valence-corrected chi connectivity index (χ1v) is 15.4. The molecule has 0 aliphatic carbocycles. The van der Waals surface area contributed by atoms with Crippen LogP contribution in [0.5, 0.6) is 11.5 Å². The third-order valence-corrected chi connectivity index (χ3v) is 7.63. The summed E-state index contributed by atoms with van der Waals surface area (Å²) in [6.45, 7) is 10.7. The van der Waals surface area contributed by atoms with E-state index in [1.54, 1.807) is 84.9 Å². The van der Waals surface area contributed by atoms with Gasteiger partial charge in [-0.2, -0.15) is 0 Å². The number of nitrogens with zero attached hydrogens (tertiary/aromatic N) is 2.